The summed E-state index contributed by atoms with van der Waals surface area (Å²) in [5.41, 5.74) is 8.30. The van der Waals surface area contributed by atoms with Crippen LogP contribution in [0.4, 0.5) is 11.4 Å². The molecule has 0 aromatic heterocycles. The Morgan fingerprint density at radius 2 is 0.827 bits per heavy atom. The number of carbonyl (C=O) groups is 8. The molecular weight excluding hydrogens is 1310 g/mol. The molecule has 12 atom stereocenters. The van der Waals surface area contributed by atoms with E-state index in [0.717, 1.165) is 58.4 Å². The van der Waals surface area contributed by atoms with Crippen molar-refractivity contribution in [3.8, 4) is 22.3 Å². The molecule has 5 aromatic rings. The number of carbonyl (C=O) groups excluding carboxylic acids is 6. The van der Waals surface area contributed by atoms with Gasteiger partial charge in [0.15, 0.2) is 0 Å². The summed E-state index contributed by atoms with van der Waals surface area (Å²) < 4.78 is 23.3. The molecule has 7 rings (SSSR count). The van der Waals surface area contributed by atoms with E-state index in [9.17, 15) is 79.2 Å². The average Bonchev–Trinajstić information content (AvgIpc) is 0.802. The molecular formula is C70H88N6O20S2. The van der Waals surface area contributed by atoms with Gasteiger partial charge in [0.2, 0.25) is 23.6 Å². The van der Waals surface area contributed by atoms with E-state index < -0.39 is 134 Å². The van der Waals surface area contributed by atoms with E-state index in [4.69, 9.17) is 18.9 Å². The van der Waals surface area contributed by atoms with Crippen molar-refractivity contribution in [2.75, 3.05) is 59.9 Å². The predicted molar refractivity (Wildman–Crippen MR) is 367 cm³/mol. The number of aliphatic hydroxyl groups is 6. The standard InChI is InChI=1S/C70H88N6O20S2/c1-39-40(2)58(76-56(84)28-34-98-32-14-30-94-70(68(91)92)36-52(80)60(74-44(6)78)64(96-70)62(86)54(82)38-72-66(88)50-25-21-48(22-26-50)46-17-11-8-12-18-46)42(4)41(3)57(39)75-55(83)27-33-97-31-13-29-93-69(67(89)90)35-51(79)59(73-43(5)77)63(95-69)61(85)53(81)37-71-65(87)49-23-19-47(20-24-49)45-15-9-7-10-16-45/h7-12,15-26,51-54,59-64,79-82,85-86H,13-14,27-38H2,1-6H3,(H,71,87)(H,72,88)(H,73,77)(H,74,78)(H,75,83)(H,76,84)(H,89,90)(H,91,92)/t51-,52-,53+,54+,59+,60+,61?,62?,63+,64+,69+,70+/m0/s1. The molecule has 2 saturated heterocycles. The Labute approximate surface area is 576 Å². The van der Waals surface area contributed by atoms with E-state index in [0.29, 0.717) is 34.4 Å². The Morgan fingerprint density at radius 3 is 1.14 bits per heavy atom. The molecule has 2 fully saturated rings. The molecule has 0 aliphatic carbocycles. The van der Waals surface area contributed by atoms with E-state index in [1.807, 2.05) is 88.4 Å². The van der Waals surface area contributed by atoms with Gasteiger partial charge in [-0.2, -0.15) is 23.5 Å². The molecule has 5 aromatic carbocycles. The van der Waals surface area contributed by atoms with E-state index in [1.54, 1.807) is 48.5 Å². The molecule has 2 unspecified atom stereocenters. The zero-order chi connectivity index (χ0) is 71.4. The summed E-state index contributed by atoms with van der Waals surface area (Å²) in [6.07, 6.45) is -14.6. The number of aliphatic hydroxyl groups excluding tert-OH is 6. The van der Waals surface area contributed by atoms with Crippen LogP contribution in [0.15, 0.2) is 109 Å². The third-order valence-electron chi connectivity index (χ3n) is 17.1. The van der Waals surface area contributed by atoms with Crippen LogP contribution in [0.3, 0.4) is 0 Å². The van der Waals surface area contributed by atoms with E-state index in [-0.39, 0.29) is 61.8 Å². The number of aliphatic carboxylic acids is 2. The lowest BCUT2D eigenvalue weighted by Gasteiger charge is -2.46. The molecule has 2 aliphatic rings. The van der Waals surface area contributed by atoms with E-state index >= 15 is 0 Å². The Morgan fingerprint density at radius 1 is 0.500 bits per heavy atom. The summed E-state index contributed by atoms with van der Waals surface area (Å²) in [5.74, 6) is -9.66. The van der Waals surface area contributed by atoms with Crippen LogP contribution < -0.4 is 31.9 Å². The van der Waals surface area contributed by atoms with Crippen LogP contribution in [0.25, 0.3) is 22.3 Å². The summed E-state index contributed by atoms with van der Waals surface area (Å²) in [5, 5.41) is 104. The van der Waals surface area contributed by atoms with Gasteiger partial charge in [0.1, 0.15) is 24.4 Å². The van der Waals surface area contributed by atoms with Crippen molar-refractivity contribution in [1.29, 1.82) is 0 Å². The van der Waals surface area contributed by atoms with Crippen LogP contribution >= 0.6 is 23.5 Å². The first-order chi connectivity index (χ1) is 46.6. The molecule has 0 bridgehead atoms. The number of hydrogen-bond donors (Lipinski definition) is 14. The number of thioether (sulfide) groups is 2. The number of benzene rings is 5. The first-order valence-electron chi connectivity index (χ1n) is 32.1. The molecule has 6 amide bonds. The minimum atomic E-state index is -2.50. The topological polar surface area (TPSA) is 408 Å². The van der Waals surface area contributed by atoms with Crippen LogP contribution in [0.2, 0.25) is 0 Å². The molecule has 28 heteroatoms. The minimum Gasteiger partial charge on any atom is -0.477 e. The fourth-order valence-electron chi connectivity index (χ4n) is 11.5. The highest BCUT2D eigenvalue weighted by molar-refractivity contribution is 7.99. The number of amides is 6. The fourth-order valence-corrected chi connectivity index (χ4v) is 13.2. The SMILES string of the molecule is CC(=O)N[C@@H]1[C@@H](O)C[C@](OCCCSCCC(=O)Nc2c(C)c(C)c(NC(=O)CCSCCCO[C@]3(C(=O)O)C[C@H](O)[C@@H](NC(C)=O)[C@H](C(O)[C@H](O)CNC(=O)c4ccc(-c5ccccc5)cc4)O3)c(C)c2C)(C(=O)O)O[C@H]1C(O)[C@H](O)CNC(=O)c1ccc(-c2ccccc2)cc1. The van der Waals surface area contributed by atoms with Gasteiger partial charge in [-0.3, -0.25) is 28.8 Å². The van der Waals surface area contributed by atoms with Crippen molar-refractivity contribution >= 4 is 82.3 Å². The molecule has 0 saturated carbocycles. The molecule has 0 spiro atoms. The van der Waals surface area contributed by atoms with Crippen molar-refractivity contribution in [3.05, 3.63) is 143 Å². The summed E-state index contributed by atoms with van der Waals surface area (Å²) in [7, 11) is 0. The van der Waals surface area contributed by atoms with Crippen LogP contribution in [0, 0.1) is 27.7 Å². The van der Waals surface area contributed by atoms with Crippen LogP contribution in [0.1, 0.15) is 95.3 Å². The largest absolute Gasteiger partial charge is 0.477 e. The van der Waals surface area contributed by atoms with Crippen LogP contribution in [-0.4, -0.2) is 210 Å². The van der Waals surface area contributed by atoms with E-state index in [2.05, 4.69) is 31.9 Å². The number of nitrogens with one attached hydrogen (secondary N) is 6. The Hall–Kier alpha value is -7.84. The zero-order valence-corrected chi connectivity index (χ0v) is 57.0. The van der Waals surface area contributed by atoms with Crippen molar-refractivity contribution in [1.82, 2.24) is 21.3 Å². The fraction of sp³-hybridized carbons (Fsp3) is 0.457. The highest BCUT2D eigenvalue weighted by Crippen LogP contribution is 2.38. The van der Waals surface area contributed by atoms with Gasteiger partial charge in [0, 0.05) is 86.6 Å². The number of ether oxygens (including phenoxy) is 4. The Bertz CT molecular complexity index is 3300. The third-order valence-corrected chi connectivity index (χ3v) is 19.2. The normalized spacial score (nSPS) is 21.9. The van der Waals surface area contributed by atoms with Gasteiger partial charge < -0.3 is 91.7 Å². The molecule has 2 heterocycles. The lowest BCUT2D eigenvalue weighted by atomic mass is 9.88. The zero-order valence-electron chi connectivity index (χ0n) is 55.4. The molecule has 2 aliphatic heterocycles. The lowest BCUT2D eigenvalue weighted by Crippen LogP contribution is -2.68. The second-order valence-electron chi connectivity index (χ2n) is 24.2. The monoisotopic (exact) mass is 1400 g/mol. The number of anilines is 2. The van der Waals surface area contributed by atoms with Crippen LogP contribution in [-0.2, 0) is 47.7 Å². The minimum absolute atomic E-state index is 0.108. The quantitative estimate of drug-likeness (QED) is 0.0254. The van der Waals surface area contributed by atoms with Crippen molar-refractivity contribution in [2.45, 2.75) is 153 Å². The second-order valence-corrected chi connectivity index (χ2v) is 26.6. The number of carboxylic acid groups (broad SMARTS) is 2. The van der Waals surface area contributed by atoms with Gasteiger partial charge in [-0.1, -0.05) is 84.9 Å². The van der Waals surface area contributed by atoms with Gasteiger partial charge in [-0.25, -0.2) is 9.59 Å². The Balaban J connectivity index is 0.818. The summed E-state index contributed by atoms with van der Waals surface area (Å²) in [6, 6.07) is 29.7. The molecule has 26 nitrogen and oxygen atoms in total. The maximum absolute atomic E-state index is 13.3. The number of rotatable bonds is 34. The summed E-state index contributed by atoms with van der Waals surface area (Å²) in [4.78, 5) is 103. The molecule has 98 heavy (non-hydrogen) atoms. The second kappa shape index (κ2) is 36.3. The average molecular weight is 1400 g/mol. The Kier molecular flexibility index (Phi) is 28.7. The highest BCUT2D eigenvalue weighted by atomic mass is 32.2. The highest BCUT2D eigenvalue weighted by Gasteiger charge is 2.57. The predicted octanol–water partition coefficient (Wildman–Crippen LogP) is 4.37. The van der Waals surface area contributed by atoms with Gasteiger partial charge in [0.25, 0.3) is 23.4 Å². The lowest BCUT2D eigenvalue weighted by molar-refractivity contribution is -0.310. The van der Waals surface area contributed by atoms with Gasteiger partial charge in [0.05, 0.1) is 49.7 Å². The first-order valence-corrected chi connectivity index (χ1v) is 34.4. The van der Waals surface area contributed by atoms with Crippen molar-refractivity contribution in [3.63, 3.8) is 0 Å². The molecule has 0 radical (unpaired) electrons. The van der Waals surface area contributed by atoms with Crippen molar-refractivity contribution in [2.24, 2.45) is 0 Å². The van der Waals surface area contributed by atoms with Gasteiger partial charge in [-0.15, -0.1) is 0 Å². The smallest absolute Gasteiger partial charge is 0.364 e. The summed E-state index contributed by atoms with van der Waals surface area (Å²) in [6.45, 7) is 8.19. The van der Waals surface area contributed by atoms with Gasteiger partial charge in [-0.05, 0) is 121 Å². The third kappa shape index (κ3) is 20.6. The number of hydrogen-bond acceptors (Lipinski definition) is 20. The first kappa shape index (κ1) is 77.5. The van der Waals surface area contributed by atoms with E-state index in [1.165, 1.54) is 23.5 Å². The van der Waals surface area contributed by atoms with Gasteiger partial charge >= 0.3 is 11.9 Å². The summed E-state index contributed by atoms with van der Waals surface area (Å²) >= 11 is 2.79. The maximum Gasteiger partial charge on any atom is 0.364 e. The van der Waals surface area contributed by atoms with Crippen LogP contribution in [0.5, 0.6) is 0 Å². The van der Waals surface area contributed by atoms with Crippen molar-refractivity contribution < 1.29 is 98.2 Å². The maximum atomic E-state index is 13.3. The number of carboxylic acids is 2. The molecule has 530 valence electrons. The molecule has 14 N–H and O–H groups in total.